The van der Waals surface area contributed by atoms with Crippen LogP contribution in [0.3, 0.4) is 0 Å². The van der Waals surface area contributed by atoms with Crippen molar-refractivity contribution in [3.63, 3.8) is 0 Å². The van der Waals surface area contributed by atoms with Gasteiger partial charge in [0.15, 0.2) is 6.61 Å². The van der Waals surface area contributed by atoms with Crippen molar-refractivity contribution in [2.75, 3.05) is 11.9 Å². The van der Waals surface area contributed by atoms with Gasteiger partial charge in [-0.3, -0.25) is 9.59 Å². The minimum atomic E-state index is -1.07. The molecule has 0 aliphatic heterocycles. The first-order chi connectivity index (χ1) is 12.0. The van der Waals surface area contributed by atoms with Gasteiger partial charge in [-0.15, -0.1) is 0 Å². The molecular formula is C18H18N2O5. The molecule has 0 spiro atoms. The van der Waals surface area contributed by atoms with E-state index in [1.54, 1.807) is 30.3 Å². The Morgan fingerprint density at radius 2 is 1.88 bits per heavy atom. The highest BCUT2D eigenvalue weighted by atomic mass is 16.5. The Bertz CT molecular complexity index is 855. The van der Waals surface area contributed by atoms with Crippen molar-refractivity contribution in [2.24, 2.45) is 0 Å². The van der Waals surface area contributed by atoms with Gasteiger partial charge in [0.2, 0.25) is 0 Å². The van der Waals surface area contributed by atoms with Crippen LogP contribution in [0, 0.1) is 0 Å². The molecule has 7 heteroatoms. The number of carboxylic acids is 1. The van der Waals surface area contributed by atoms with Crippen molar-refractivity contribution in [3.05, 3.63) is 57.5 Å². The molecular weight excluding hydrogens is 324 g/mol. The van der Waals surface area contributed by atoms with Crippen LogP contribution >= 0.6 is 0 Å². The number of rotatable bonds is 5. The van der Waals surface area contributed by atoms with Crippen LogP contribution in [0.25, 0.3) is 0 Å². The number of hydrogen-bond acceptors (Lipinski definition) is 4. The second-order valence-electron chi connectivity index (χ2n) is 5.88. The number of benzene rings is 1. The van der Waals surface area contributed by atoms with E-state index in [1.165, 1.54) is 0 Å². The summed E-state index contributed by atoms with van der Waals surface area (Å²) >= 11 is 0. The zero-order valence-corrected chi connectivity index (χ0v) is 13.5. The Morgan fingerprint density at radius 1 is 1.16 bits per heavy atom. The highest BCUT2D eigenvalue weighted by molar-refractivity contribution is 6.04. The minimum absolute atomic E-state index is 0.0897. The number of aliphatic carboxylic acids is 1. The molecule has 0 saturated carbocycles. The number of pyridine rings is 1. The molecule has 0 saturated heterocycles. The third-order valence-electron chi connectivity index (χ3n) is 4.06. The second kappa shape index (κ2) is 7.21. The number of carbonyl (C=O) groups excluding carboxylic acids is 1. The van der Waals surface area contributed by atoms with Crippen molar-refractivity contribution in [1.29, 1.82) is 0 Å². The molecule has 1 amide bonds. The standard InChI is InChI=1S/C18H18N2O5/c21-16(22)10-25-13-7-5-12(6-8-13)19-17(23)14-9-11-3-1-2-4-15(11)20-18(14)24/h5-9H,1-4,10H2,(H,19,23)(H,20,24)(H,21,22). The summed E-state index contributed by atoms with van der Waals surface area (Å²) in [6.07, 6.45) is 3.80. The predicted molar refractivity (Wildman–Crippen MR) is 91.2 cm³/mol. The highest BCUT2D eigenvalue weighted by Crippen LogP contribution is 2.20. The molecule has 3 N–H and O–H groups in total. The van der Waals surface area contributed by atoms with E-state index in [9.17, 15) is 14.4 Å². The lowest BCUT2D eigenvalue weighted by Gasteiger charge is -2.16. The molecule has 1 aliphatic carbocycles. The summed E-state index contributed by atoms with van der Waals surface area (Å²) < 4.78 is 5.03. The van der Waals surface area contributed by atoms with Crippen molar-refractivity contribution in [2.45, 2.75) is 25.7 Å². The van der Waals surface area contributed by atoms with E-state index >= 15 is 0 Å². The van der Waals surface area contributed by atoms with Gasteiger partial charge >= 0.3 is 5.97 Å². The van der Waals surface area contributed by atoms with E-state index in [0.29, 0.717) is 11.4 Å². The number of ether oxygens (including phenoxy) is 1. The van der Waals surface area contributed by atoms with E-state index in [-0.39, 0.29) is 11.1 Å². The molecule has 0 unspecified atom stereocenters. The van der Waals surface area contributed by atoms with E-state index in [0.717, 1.165) is 36.9 Å². The molecule has 7 nitrogen and oxygen atoms in total. The van der Waals surface area contributed by atoms with Gasteiger partial charge in [0, 0.05) is 11.4 Å². The van der Waals surface area contributed by atoms with Gasteiger partial charge in [-0.2, -0.15) is 0 Å². The summed E-state index contributed by atoms with van der Waals surface area (Å²) in [4.78, 5) is 37.8. The number of aromatic amines is 1. The number of carbonyl (C=O) groups is 2. The second-order valence-corrected chi connectivity index (χ2v) is 5.88. The summed E-state index contributed by atoms with van der Waals surface area (Å²) in [5, 5.41) is 11.2. The van der Waals surface area contributed by atoms with E-state index in [4.69, 9.17) is 9.84 Å². The number of aromatic nitrogens is 1. The molecule has 1 heterocycles. The number of hydrogen-bond donors (Lipinski definition) is 3. The number of H-pyrrole nitrogens is 1. The molecule has 1 aliphatic rings. The zero-order chi connectivity index (χ0) is 17.8. The van der Waals surface area contributed by atoms with Gasteiger partial charge in [0.05, 0.1) is 0 Å². The number of anilines is 1. The third-order valence-corrected chi connectivity index (χ3v) is 4.06. The fraction of sp³-hybridized carbons (Fsp3) is 0.278. The molecule has 0 atom stereocenters. The zero-order valence-electron chi connectivity index (χ0n) is 13.5. The lowest BCUT2D eigenvalue weighted by atomic mass is 9.95. The van der Waals surface area contributed by atoms with Crippen molar-refractivity contribution in [3.8, 4) is 5.75 Å². The first-order valence-electron chi connectivity index (χ1n) is 8.04. The van der Waals surface area contributed by atoms with Crippen LogP contribution in [-0.2, 0) is 17.6 Å². The first kappa shape index (κ1) is 16.8. The number of amides is 1. The smallest absolute Gasteiger partial charge is 0.341 e. The Hall–Kier alpha value is -3.09. The van der Waals surface area contributed by atoms with E-state index in [1.807, 2.05) is 0 Å². The average molecular weight is 342 g/mol. The molecule has 0 fully saturated rings. The number of aryl methyl sites for hydroxylation is 2. The summed E-state index contributed by atoms with van der Waals surface area (Å²) in [5.74, 6) is -1.16. The minimum Gasteiger partial charge on any atom is -0.482 e. The van der Waals surface area contributed by atoms with E-state index in [2.05, 4.69) is 10.3 Å². The van der Waals surface area contributed by atoms with Gasteiger partial charge < -0.3 is 20.1 Å². The van der Waals surface area contributed by atoms with Crippen molar-refractivity contribution in [1.82, 2.24) is 4.98 Å². The average Bonchev–Trinajstić information content (AvgIpc) is 2.60. The largest absolute Gasteiger partial charge is 0.482 e. The van der Waals surface area contributed by atoms with Crippen molar-refractivity contribution < 1.29 is 19.4 Å². The Balaban J connectivity index is 1.72. The van der Waals surface area contributed by atoms with Gasteiger partial charge in [0.25, 0.3) is 11.5 Å². The fourth-order valence-electron chi connectivity index (χ4n) is 2.82. The topological polar surface area (TPSA) is 108 Å². The normalized spacial score (nSPS) is 13.0. The third kappa shape index (κ3) is 4.06. The summed E-state index contributed by atoms with van der Waals surface area (Å²) in [6.45, 7) is -0.434. The maximum Gasteiger partial charge on any atom is 0.341 e. The van der Waals surface area contributed by atoms with Crippen LogP contribution in [0.1, 0.15) is 34.5 Å². The molecule has 0 bridgehead atoms. The van der Waals surface area contributed by atoms with Gasteiger partial charge in [-0.25, -0.2) is 4.79 Å². The monoisotopic (exact) mass is 342 g/mol. The summed E-state index contributed by atoms with van der Waals surface area (Å²) in [7, 11) is 0. The molecule has 2 aromatic rings. The lowest BCUT2D eigenvalue weighted by molar-refractivity contribution is -0.139. The van der Waals surface area contributed by atoms with Gasteiger partial charge in [0.1, 0.15) is 11.3 Å². The molecule has 3 rings (SSSR count). The first-order valence-corrected chi connectivity index (χ1v) is 8.04. The maximum atomic E-state index is 12.4. The number of carboxylic acid groups (broad SMARTS) is 1. The molecule has 0 radical (unpaired) electrons. The molecule has 1 aromatic heterocycles. The van der Waals surface area contributed by atoms with Crippen LogP contribution in [0.15, 0.2) is 35.1 Å². The Kier molecular flexibility index (Phi) is 4.83. The maximum absolute atomic E-state index is 12.4. The summed E-state index contributed by atoms with van der Waals surface area (Å²) in [5.41, 5.74) is 2.14. The van der Waals surface area contributed by atoms with Crippen LogP contribution in [0.5, 0.6) is 5.75 Å². The summed E-state index contributed by atoms with van der Waals surface area (Å²) in [6, 6.07) is 7.95. The van der Waals surface area contributed by atoms with Crippen molar-refractivity contribution >= 4 is 17.6 Å². The van der Waals surface area contributed by atoms with Gasteiger partial charge in [-0.1, -0.05) is 0 Å². The quantitative estimate of drug-likeness (QED) is 0.770. The molecule has 1 aromatic carbocycles. The van der Waals surface area contributed by atoms with E-state index < -0.39 is 18.5 Å². The fourth-order valence-corrected chi connectivity index (χ4v) is 2.82. The predicted octanol–water partition coefficient (Wildman–Crippen LogP) is 1.97. The van der Waals surface area contributed by atoms with Crippen LogP contribution in [-0.4, -0.2) is 28.6 Å². The Labute approximate surface area is 143 Å². The lowest BCUT2D eigenvalue weighted by Crippen LogP contribution is -2.26. The molecule has 130 valence electrons. The van der Waals surface area contributed by atoms with Crippen LogP contribution < -0.4 is 15.6 Å². The number of nitrogens with one attached hydrogen (secondary N) is 2. The van der Waals surface area contributed by atoms with Crippen LogP contribution in [0.2, 0.25) is 0 Å². The molecule has 25 heavy (non-hydrogen) atoms. The highest BCUT2D eigenvalue weighted by Gasteiger charge is 2.17. The number of fused-ring (bicyclic) bond motifs is 1. The Morgan fingerprint density at radius 3 is 2.60 bits per heavy atom. The van der Waals surface area contributed by atoms with Crippen LogP contribution in [0.4, 0.5) is 5.69 Å². The SMILES string of the molecule is O=C(O)COc1ccc(NC(=O)c2cc3c([nH]c2=O)CCCC3)cc1. The van der Waals surface area contributed by atoms with Gasteiger partial charge in [-0.05, 0) is 61.6 Å².